The molecule has 0 spiro atoms. The maximum Gasteiger partial charge on any atom is 0.233 e. The van der Waals surface area contributed by atoms with E-state index in [1.807, 2.05) is 12.1 Å². The van der Waals surface area contributed by atoms with Gasteiger partial charge in [-0.25, -0.2) is 9.97 Å². The molecule has 3 rings (SSSR count). The van der Waals surface area contributed by atoms with Gasteiger partial charge in [0.15, 0.2) is 11.5 Å². The van der Waals surface area contributed by atoms with Gasteiger partial charge in [0, 0.05) is 5.02 Å². The van der Waals surface area contributed by atoms with Crippen molar-refractivity contribution in [2.45, 2.75) is 13.3 Å². The number of carbonyl (C=O) groups excluding carboxylic acids is 1. The van der Waals surface area contributed by atoms with Crippen LogP contribution in [-0.4, -0.2) is 15.9 Å². The second kappa shape index (κ2) is 5.22. The monoisotopic (exact) mass is 307 g/mol. The second-order valence-electron chi connectivity index (χ2n) is 4.22. The van der Waals surface area contributed by atoms with Crippen molar-refractivity contribution in [3.05, 3.63) is 41.1 Å². The summed E-state index contributed by atoms with van der Waals surface area (Å²) in [6.07, 6.45) is 1.47. The molecule has 0 saturated heterocycles. The van der Waals surface area contributed by atoms with Gasteiger partial charge in [-0.3, -0.25) is 4.79 Å². The van der Waals surface area contributed by atoms with Crippen LogP contribution in [-0.2, 0) is 11.2 Å². The molecule has 0 fully saturated rings. The Bertz CT molecular complexity index is 781. The van der Waals surface area contributed by atoms with Crippen LogP contribution >= 0.6 is 22.9 Å². The number of amides is 1. The van der Waals surface area contributed by atoms with Crippen LogP contribution in [0.15, 0.2) is 29.0 Å². The molecule has 0 bridgehead atoms. The molecule has 2 heterocycles. The van der Waals surface area contributed by atoms with Crippen molar-refractivity contribution in [1.82, 2.24) is 9.97 Å². The van der Waals surface area contributed by atoms with E-state index in [0.717, 1.165) is 15.9 Å². The smallest absolute Gasteiger partial charge is 0.233 e. The van der Waals surface area contributed by atoms with E-state index < -0.39 is 0 Å². The molecule has 102 valence electrons. The Labute approximate surface area is 123 Å². The van der Waals surface area contributed by atoms with Gasteiger partial charge in [-0.05, 0) is 25.1 Å². The first-order valence-electron chi connectivity index (χ1n) is 5.87. The van der Waals surface area contributed by atoms with Gasteiger partial charge in [0.2, 0.25) is 5.91 Å². The second-order valence-corrected chi connectivity index (χ2v) is 5.68. The average Bonchev–Trinajstić information content (AvgIpc) is 2.95. The first kappa shape index (κ1) is 13.1. The van der Waals surface area contributed by atoms with Gasteiger partial charge >= 0.3 is 0 Å². The predicted molar refractivity (Wildman–Crippen MR) is 78.2 cm³/mol. The fourth-order valence-corrected chi connectivity index (χ4v) is 2.92. The number of aryl methyl sites for hydroxylation is 1. The number of halogens is 1. The number of rotatable bonds is 3. The fourth-order valence-electron chi connectivity index (χ4n) is 1.76. The fraction of sp³-hybridized carbons (Fsp3) is 0.154. The van der Waals surface area contributed by atoms with E-state index >= 15 is 0 Å². The largest absolute Gasteiger partial charge is 0.448 e. The molecule has 0 aliphatic carbocycles. The maximum absolute atomic E-state index is 11.9. The summed E-state index contributed by atoms with van der Waals surface area (Å²) in [5.74, 6) is 0.377. The summed E-state index contributed by atoms with van der Waals surface area (Å²) in [6.45, 7) is 1.80. The molecule has 3 aromatic rings. The lowest BCUT2D eigenvalue weighted by Gasteiger charge is -1.99. The highest BCUT2D eigenvalue weighted by Crippen LogP contribution is 2.28. The van der Waals surface area contributed by atoms with Crippen LogP contribution in [0.5, 0.6) is 0 Å². The number of carbonyl (C=O) groups is 1. The number of anilines is 1. The van der Waals surface area contributed by atoms with Crippen molar-refractivity contribution in [2.75, 3.05) is 5.32 Å². The van der Waals surface area contributed by atoms with Crippen LogP contribution in [0.4, 0.5) is 5.13 Å². The van der Waals surface area contributed by atoms with Crippen LogP contribution in [0.3, 0.4) is 0 Å². The molecule has 0 atom stereocenters. The van der Waals surface area contributed by atoms with Crippen molar-refractivity contribution in [2.24, 2.45) is 0 Å². The van der Waals surface area contributed by atoms with E-state index in [1.165, 1.54) is 17.7 Å². The normalized spacial score (nSPS) is 10.9. The van der Waals surface area contributed by atoms with E-state index in [2.05, 4.69) is 15.3 Å². The molecule has 1 aromatic carbocycles. The Hall–Kier alpha value is -1.92. The molecule has 0 saturated carbocycles. The molecule has 2 aromatic heterocycles. The molecular formula is C13H10ClN3O2S. The zero-order valence-electron chi connectivity index (χ0n) is 10.5. The van der Waals surface area contributed by atoms with Crippen molar-refractivity contribution in [3.63, 3.8) is 0 Å². The lowest BCUT2D eigenvalue weighted by Crippen LogP contribution is -2.14. The van der Waals surface area contributed by atoms with Gasteiger partial charge in [-0.2, -0.15) is 0 Å². The summed E-state index contributed by atoms with van der Waals surface area (Å²) < 4.78 is 6.07. The Balaban J connectivity index is 1.75. The van der Waals surface area contributed by atoms with Gasteiger partial charge in [0.1, 0.15) is 5.76 Å². The Morgan fingerprint density at radius 1 is 1.50 bits per heavy atom. The van der Waals surface area contributed by atoms with Gasteiger partial charge < -0.3 is 9.73 Å². The standard InChI is InChI=1S/C13H10ClN3O2S/c1-7-10(19-6-15-7)5-12(18)17-13-16-9-3-2-8(14)4-11(9)20-13/h2-4,6H,5H2,1H3,(H,16,17,18). The summed E-state index contributed by atoms with van der Waals surface area (Å²) in [6, 6.07) is 5.42. The zero-order chi connectivity index (χ0) is 14.1. The molecule has 0 aliphatic rings. The summed E-state index contributed by atoms with van der Waals surface area (Å²) in [4.78, 5) is 20.2. The minimum atomic E-state index is -0.185. The van der Waals surface area contributed by atoms with Crippen LogP contribution < -0.4 is 5.32 Å². The molecule has 5 nitrogen and oxygen atoms in total. The van der Waals surface area contributed by atoms with Crippen LogP contribution in [0.1, 0.15) is 11.5 Å². The summed E-state index contributed by atoms with van der Waals surface area (Å²) in [5.41, 5.74) is 1.53. The van der Waals surface area contributed by atoms with Crippen molar-refractivity contribution >= 4 is 44.2 Å². The molecule has 1 N–H and O–H groups in total. The third kappa shape index (κ3) is 2.66. The van der Waals surface area contributed by atoms with E-state index in [4.69, 9.17) is 16.0 Å². The van der Waals surface area contributed by atoms with Crippen molar-refractivity contribution in [3.8, 4) is 0 Å². The van der Waals surface area contributed by atoms with Crippen molar-refractivity contribution < 1.29 is 9.21 Å². The van der Waals surface area contributed by atoms with Gasteiger partial charge in [-0.1, -0.05) is 22.9 Å². The number of aromatic nitrogens is 2. The van der Waals surface area contributed by atoms with E-state index in [1.54, 1.807) is 13.0 Å². The summed E-state index contributed by atoms with van der Waals surface area (Å²) in [7, 11) is 0. The minimum Gasteiger partial charge on any atom is -0.448 e. The van der Waals surface area contributed by atoms with E-state index in [9.17, 15) is 4.79 Å². The molecule has 20 heavy (non-hydrogen) atoms. The molecule has 1 amide bonds. The van der Waals surface area contributed by atoms with Crippen LogP contribution in [0, 0.1) is 6.92 Å². The lowest BCUT2D eigenvalue weighted by molar-refractivity contribution is -0.115. The highest BCUT2D eigenvalue weighted by Gasteiger charge is 2.12. The van der Waals surface area contributed by atoms with Gasteiger partial charge in [0.05, 0.1) is 22.3 Å². The van der Waals surface area contributed by atoms with E-state index in [-0.39, 0.29) is 12.3 Å². The SMILES string of the molecule is Cc1ncoc1CC(=O)Nc1nc2ccc(Cl)cc2s1. The maximum atomic E-state index is 11.9. The number of benzene rings is 1. The number of nitrogens with one attached hydrogen (secondary N) is 1. The third-order valence-electron chi connectivity index (χ3n) is 2.76. The molecule has 0 radical (unpaired) electrons. The topological polar surface area (TPSA) is 68.0 Å². The molecular weight excluding hydrogens is 298 g/mol. The van der Waals surface area contributed by atoms with Gasteiger partial charge in [-0.15, -0.1) is 0 Å². The first-order valence-corrected chi connectivity index (χ1v) is 7.06. The quantitative estimate of drug-likeness (QED) is 0.805. The predicted octanol–water partition coefficient (Wildman–Crippen LogP) is 3.43. The minimum absolute atomic E-state index is 0.141. The summed E-state index contributed by atoms with van der Waals surface area (Å²) in [5, 5.41) is 3.95. The van der Waals surface area contributed by atoms with E-state index in [0.29, 0.717) is 15.9 Å². The Morgan fingerprint density at radius 2 is 2.35 bits per heavy atom. The number of nitrogens with zero attached hydrogens (tertiary/aromatic N) is 2. The zero-order valence-corrected chi connectivity index (χ0v) is 12.1. The summed E-state index contributed by atoms with van der Waals surface area (Å²) >= 11 is 7.30. The Morgan fingerprint density at radius 3 is 3.10 bits per heavy atom. The Kier molecular flexibility index (Phi) is 3.42. The highest BCUT2D eigenvalue weighted by molar-refractivity contribution is 7.22. The molecule has 7 heteroatoms. The molecule has 0 aliphatic heterocycles. The number of hydrogen-bond donors (Lipinski definition) is 1. The third-order valence-corrected chi connectivity index (χ3v) is 3.93. The number of thiazole rings is 1. The first-order chi connectivity index (χ1) is 9.61. The average molecular weight is 308 g/mol. The van der Waals surface area contributed by atoms with Crippen LogP contribution in [0.2, 0.25) is 5.02 Å². The van der Waals surface area contributed by atoms with Gasteiger partial charge in [0.25, 0.3) is 0 Å². The number of fused-ring (bicyclic) bond motifs is 1. The molecule has 0 unspecified atom stereocenters. The number of hydrogen-bond acceptors (Lipinski definition) is 5. The van der Waals surface area contributed by atoms with Crippen molar-refractivity contribution in [1.29, 1.82) is 0 Å². The van der Waals surface area contributed by atoms with Crippen LogP contribution in [0.25, 0.3) is 10.2 Å². The highest BCUT2D eigenvalue weighted by atomic mass is 35.5. The lowest BCUT2D eigenvalue weighted by atomic mass is 10.3. The number of oxazole rings is 1.